The molecule has 0 unspecified atom stereocenters. The molecule has 0 atom stereocenters. The third kappa shape index (κ3) is 2.75. The van der Waals surface area contributed by atoms with Gasteiger partial charge in [-0.2, -0.15) is 5.26 Å². The number of ether oxygens (including phenoxy) is 1. The molecule has 100 valence electrons. The van der Waals surface area contributed by atoms with Crippen molar-refractivity contribution in [2.45, 2.75) is 0 Å². The van der Waals surface area contributed by atoms with Crippen molar-refractivity contribution in [3.05, 3.63) is 59.4 Å². The molecule has 0 aliphatic heterocycles. The Morgan fingerprint density at radius 2 is 2.05 bits per heavy atom. The van der Waals surface area contributed by atoms with Crippen LogP contribution < -0.4 is 10.1 Å². The summed E-state index contributed by atoms with van der Waals surface area (Å²) in [4.78, 5) is 0. The number of nitriles is 1. The Labute approximate surface area is 115 Å². The lowest BCUT2D eigenvalue weighted by molar-refractivity contribution is 0.414. The van der Waals surface area contributed by atoms with Gasteiger partial charge in [0.25, 0.3) is 0 Å². The smallest absolute Gasteiger partial charge is 0.147 e. The van der Waals surface area contributed by atoms with E-state index in [-0.39, 0.29) is 17.1 Å². The number of amidine groups is 1. The summed E-state index contributed by atoms with van der Waals surface area (Å²) in [5, 5.41) is 19.3. The lowest BCUT2D eigenvalue weighted by Crippen LogP contribution is -2.14. The number of methoxy groups -OCH3 is 1. The van der Waals surface area contributed by atoms with E-state index in [1.54, 1.807) is 24.3 Å². The Bertz CT molecular complexity index is 692. The van der Waals surface area contributed by atoms with Crippen LogP contribution >= 0.6 is 0 Å². The molecule has 20 heavy (non-hydrogen) atoms. The Balaban J connectivity index is 2.26. The Hall–Kier alpha value is -2.87. The first-order chi connectivity index (χ1) is 9.65. The van der Waals surface area contributed by atoms with Crippen LogP contribution in [0.3, 0.4) is 0 Å². The van der Waals surface area contributed by atoms with Crippen molar-refractivity contribution in [1.82, 2.24) is 0 Å². The lowest BCUT2D eigenvalue weighted by atomic mass is 10.1. The molecule has 0 spiro atoms. The van der Waals surface area contributed by atoms with Crippen LogP contribution in [0.2, 0.25) is 0 Å². The third-order valence-corrected chi connectivity index (χ3v) is 2.73. The lowest BCUT2D eigenvalue weighted by Gasteiger charge is -2.12. The van der Waals surface area contributed by atoms with E-state index in [1.807, 2.05) is 6.07 Å². The second-order valence-corrected chi connectivity index (χ2v) is 4.01. The molecule has 0 aliphatic rings. The van der Waals surface area contributed by atoms with Crippen LogP contribution in [-0.2, 0) is 0 Å². The Morgan fingerprint density at radius 3 is 2.70 bits per heavy atom. The SMILES string of the molecule is COc1ccccc1C(=N)Nc1ccc(C#N)cc1F. The molecular formula is C15H12FN3O. The van der Waals surface area contributed by atoms with E-state index in [9.17, 15) is 4.39 Å². The standard InChI is InChI=1S/C15H12FN3O/c1-20-14-5-3-2-4-11(14)15(18)19-13-7-6-10(9-17)8-12(13)16/h2-8H,1H3,(H2,18,19). The molecule has 0 aromatic heterocycles. The van der Waals surface area contributed by atoms with Crippen LogP contribution in [0.1, 0.15) is 11.1 Å². The van der Waals surface area contributed by atoms with Gasteiger partial charge in [-0.3, -0.25) is 5.41 Å². The van der Waals surface area contributed by atoms with Gasteiger partial charge in [0.05, 0.1) is 30.0 Å². The first kappa shape index (κ1) is 13.6. The number of rotatable bonds is 3. The van der Waals surface area contributed by atoms with Crippen molar-refractivity contribution in [3.63, 3.8) is 0 Å². The topological polar surface area (TPSA) is 68.9 Å². The number of para-hydroxylation sites is 1. The largest absolute Gasteiger partial charge is 0.496 e. The first-order valence-corrected chi connectivity index (χ1v) is 5.84. The Morgan fingerprint density at radius 1 is 1.30 bits per heavy atom. The second-order valence-electron chi connectivity index (χ2n) is 4.01. The number of hydrogen-bond donors (Lipinski definition) is 2. The van der Waals surface area contributed by atoms with E-state index < -0.39 is 5.82 Å². The van der Waals surface area contributed by atoms with E-state index >= 15 is 0 Å². The van der Waals surface area contributed by atoms with E-state index in [0.717, 1.165) is 6.07 Å². The van der Waals surface area contributed by atoms with Gasteiger partial charge in [0.15, 0.2) is 0 Å². The van der Waals surface area contributed by atoms with Gasteiger partial charge in [0.1, 0.15) is 17.4 Å². The quantitative estimate of drug-likeness (QED) is 0.664. The van der Waals surface area contributed by atoms with Gasteiger partial charge in [0, 0.05) is 0 Å². The molecule has 0 aliphatic carbocycles. The summed E-state index contributed by atoms with van der Waals surface area (Å²) < 4.78 is 18.9. The summed E-state index contributed by atoms with van der Waals surface area (Å²) in [5.74, 6) is -0.0335. The van der Waals surface area contributed by atoms with E-state index in [1.165, 1.54) is 19.2 Å². The number of halogens is 1. The number of hydrogen-bond acceptors (Lipinski definition) is 3. The molecule has 4 nitrogen and oxygen atoms in total. The normalized spacial score (nSPS) is 9.65. The number of anilines is 1. The van der Waals surface area contributed by atoms with Gasteiger partial charge >= 0.3 is 0 Å². The molecule has 0 radical (unpaired) electrons. The molecule has 0 saturated carbocycles. The van der Waals surface area contributed by atoms with Crippen LogP contribution in [0, 0.1) is 22.6 Å². The average molecular weight is 269 g/mol. The summed E-state index contributed by atoms with van der Waals surface area (Å²) in [6.07, 6.45) is 0. The molecule has 2 aromatic carbocycles. The highest BCUT2D eigenvalue weighted by Gasteiger charge is 2.10. The van der Waals surface area contributed by atoms with Gasteiger partial charge in [0.2, 0.25) is 0 Å². The van der Waals surface area contributed by atoms with Gasteiger partial charge in [-0.25, -0.2) is 4.39 Å². The van der Waals surface area contributed by atoms with Gasteiger partial charge in [-0.15, -0.1) is 0 Å². The first-order valence-electron chi connectivity index (χ1n) is 5.84. The molecule has 2 rings (SSSR count). The summed E-state index contributed by atoms with van der Waals surface area (Å²) in [7, 11) is 1.51. The number of nitrogens with zero attached hydrogens (tertiary/aromatic N) is 1. The van der Waals surface area contributed by atoms with Crippen molar-refractivity contribution < 1.29 is 9.13 Å². The predicted molar refractivity (Wildman–Crippen MR) is 74.6 cm³/mol. The summed E-state index contributed by atoms with van der Waals surface area (Å²) >= 11 is 0. The predicted octanol–water partition coefficient (Wildman–Crippen LogP) is 3.14. The van der Waals surface area contributed by atoms with Gasteiger partial charge < -0.3 is 10.1 Å². The minimum atomic E-state index is -0.580. The zero-order chi connectivity index (χ0) is 14.5. The van der Waals surface area contributed by atoms with Crippen molar-refractivity contribution in [1.29, 1.82) is 10.7 Å². The van der Waals surface area contributed by atoms with Crippen molar-refractivity contribution in [2.24, 2.45) is 0 Å². The van der Waals surface area contributed by atoms with Crippen LogP contribution in [0.25, 0.3) is 0 Å². The molecule has 5 heteroatoms. The molecular weight excluding hydrogens is 257 g/mol. The molecule has 0 saturated heterocycles. The highest BCUT2D eigenvalue weighted by Crippen LogP contribution is 2.21. The zero-order valence-corrected chi connectivity index (χ0v) is 10.8. The Kier molecular flexibility index (Phi) is 3.96. The van der Waals surface area contributed by atoms with Crippen LogP contribution in [-0.4, -0.2) is 12.9 Å². The van der Waals surface area contributed by atoms with E-state index in [4.69, 9.17) is 15.4 Å². The maximum absolute atomic E-state index is 13.8. The highest BCUT2D eigenvalue weighted by molar-refractivity contribution is 6.08. The van der Waals surface area contributed by atoms with Crippen molar-refractivity contribution in [3.8, 4) is 11.8 Å². The summed E-state index contributed by atoms with van der Waals surface area (Å²) in [6.45, 7) is 0. The summed E-state index contributed by atoms with van der Waals surface area (Å²) in [6, 6.07) is 12.9. The number of benzene rings is 2. The maximum atomic E-state index is 13.8. The molecule has 0 bridgehead atoms. The van der Waals surface area contributed by atoms with E-state index in [0.29, 0.717) is 11.3 Å². The van der Waals surface area contributed by atoms with E-state index in [2.05, 4.69) is 5.32 Å². The fraction of sp³-hybridized carbons (Fsp3) is 0.0667. The maximum Gasteiger partial charge on any atom is 0.147 e. The fourth-order valence-corrected chi connectivity index (χ4v) is 1.74. The van der Waals surface area contributed by atoms with Crippen LogP contribution in [0.4, 0.5) is 10.1 Å². The monoisotopic (exact) mass is 269 g/mol. The van der Waals surface area contributed by atoms with Crippen LogP contribution in [0.5, 0.6) is 5.75 Å². The van der Waals surface area contributed by atoms with Gasteiger partial charge in [-0.05, 0) is 30.3 Å². The van der Waals surface area contributed by atoms with Crippen LogP contribution in [0.15, 0.2) is 42.5 Å². The highest BCUT2D eigenvalue weighted by atomic mass is 19.1. The zero-order valence-electron chi connectivity index (χ0n) is 10.8. The molecule has 0 heterocycles. The molecule has 2 N–H and O–H groups in total. The fourth-order valence-electron chi connectivity index (χ4n) is 1.74. The minimum Gasteiger partial charge on any atom is -0.496 e. The van der Waals surface area contributed by atoms with Crippen molar-refractivity contribution in [2.75, 3.05) is 12.4 Å². The average Bonchev–Trinajstić information content (AvgIpc) is 2.49. The number of nitrogens with one attached hydrogen (secondary N) is 2. The molecule has 0 amide bonds. The summed E-state index contributed by atoms with van der Waals surface area (Å²) in [5.41, 5.74) is 0.899. The minimum absolute atomic E-state index is 0.0195. The molecule has 2 aromatic rings. The second kappa shape index (κ2) is 5.85. The van der Waals surface area contributed by atoms with Crippen molar-refractivity contribution >= 4 is 11.5 Å². The third-order valence-electron chi connectivity index (χ3n) is 2.73. The molecule has 0 fully saturated rings. The van der Waals surface area contributed by atoms with Gasteiger partial charge in [-0.1, -0.05) is 12.1 Å².